The lowest BCUT2D eigenvalue weighted by atomic mass is 10.1. The monoisotopic (exact) mass is 287 g/mol. The summed E-state index contributed by atoms with van der Waals surface area (Å²) in [6, 6.07) is 10.8. The minimum Gasteiger partial charge on any atom is -0.383 e. The lowest BCUT2D eigenvalue weighted by Gasteiger charge is -2.30. The fraction of sp³-hybridized carbons (Fsp3) is 0.471. The molecule has 0 spiro atoms. The number of para-hydroxylation sites is 1. The molecule has 0 saturated heterocycles. The highest BCUT2D eigenvalue weighted by atomic mass is 16.5. The second-order valence-electron chi connectivity index (χ2n) is 5.48. The highest BCUT2D eigenvalue weighted by molar-refractivity contribution is 5.82. The number of benzene rings is 1. The van der Waals surface area contributed by atoms with Gasteiger partial charge in [-0.3, -0.25) is 0 Å². The topological polar surface area (TPSA) is 51.4 Å². The van der Waals surface area contributed by atoms with Crippen LogP contribution in [0.15, 0.2) is 30.3 Å². The third kappa shape index (κ3) is 3.71. The van der Waals surface area contributed by atoms with Crippen LogP contribution in [0.25, 0.3) is 10.9 Å². The van der Waals surface area contributed by atoms with E-state index in [1.54, 1.807) is 7.11 Å². The van der Waals surface area contributed by atoms with Gasteiger partial charge in [-0.25, -0.2) is 4.98 Å². The zero-order valence-electron chi connectivity index (χ0n) is 13.2. The smallest absolute Gasteiger partial charge is 0.132 e. The Labute approximate surface area is 126 Å². The molecular formula is C17H25N3O. The number of methoxy groups -OCH3 is 1. The maximum Gasteiger partial charge on any atom is 0.132 e. The Morgan fingerprint density at radius 1 is 1.29 bits per heavy atom. The van der Waals surface area contributed by atoms with Crippen molar-refractivity contribution in [1.29, 1.82) is 0 Å². The van der Waals surface area contributed by atoms with Crippen molar-refractivity contribution in [2.24, 2.45) is 5.73 Å². The van der Waals surface area contributed by atoms with E-state index in [2.05, 4.69) is 36.9 Å². The van der Waals surface area contributed by atoms with Gasteiger partial charge in [0.05, 0.1) is 12.1 Å². The summed E-state index contributed by atoms with van der Waals surface area (Å²) in [6.45, 7) is 6.51. The van der Waals surface area contributed by atoms with E-state index in [4.69, 9.17) is 15.5 Å². The fourth-order valence-electron chi connectivity index (χ4n) is 2.54. The maximum atomic E-state index is 5.78. The van der Waals surface area contributed by atoms with E-state index in [-0.39, 0.29) is 0 Å². The molecule has 0 bridgehead atoms. The van der Waals surface area contributed by atoms with Gasteiger partial charge in [0.25, 0.3) is 0 Å². The number of ether oxygens (including phenoxy) is 1. The molecular weight excluding hydrogens is 262 g/mol. The van der Waals surface area contributed by atoms with Crippen molar-refractivity contribution in [2.75, 3.05) is 31.7 Å². The summed E-state index contributed by atoms with van der Waals surface area (Å²) in [4.78, 5) is 7.18. The van der Waals surface area contributed by atoms with Gasteiger partial charge in [-0.2, -0.15) is 0 Å². The maximum absolute atomic E-state index is 5.78. The minimum atomic E-state index is 0.366. The quantitative estimate of drug-likeness (QED) is 0.850. The first-order valence-corrected chi connectivity index (χ1v) is 7.51. The van der Waals surface area contributed by atoms with Crippen molar-refractivity contribution < 1.29 is 4.74 Å². The van der Waals surface area contributed by atoms with Gasteiger partial charge in [-0.15, -0.1) is 0 Å². The molecule has 0 aliphatic rings. The number of hydrogen-bond acceptors (Lipinski definition) is 4. The molecule has 1 aromatic carbocycles. The van der Waals surface area contributed by atoms with Crippen LogP contribution in [-0.2, 0) is 11.2 Å². The Balaban J connectivity index is 2.49. The lowest BCUT2D eigenvalue weighted by molar-refractivity contribution is 0.203. The van der Waals surface area contributed by atoms with Crippen molar-refractivity contribution in [3.8, 4) is 0 Å². The van der Waals surface area contributed by atoms with Crippen LogP contribution in [0.3, 0.4) is 0 Å². The molecule has 114 valence electrons. The van der Waals surface area contributed by atoms with Gasteiger partial charge < -0.3 is 15.4 Å². The van der Waals surface area contributed by atoms with Crippen molar-refractivity contribution in [3.63, 3.8) is 0 Å². The second kappa shape index (κ2) is 7.38. The summed E-state index contributed by atoms with van der Waals surface area (Å²) in [5, 5.41) is 1.17. The van der Waals surface area contributed by atoms with Crippen LogP contribution in [0.5, 0.6) is 0 Å². The van der Waals surface area contributed by atoms with E-state index in [0.717, 1.165) is 24.3 Å². The van der Waals surface area contributed by atoms with E-state index in [9.17, 15) is 0 Å². The molecule has 0 radical (unpaired) electrons. The third-order valence-electron chi connectivity index (χ3n) is 3.63. The summed E-state index contributed by atoms with van der Waals surface area (Å²) in [5.74, 6) is 1.03. The van der Waals surface area contributed by atoms with E-state index >= 15 is 0 Å². The molecule has 0 unspecified atom stereocenters. The highest BCUT2D eigenvalue weighted by Crippen LogP contribution is 2.25. The molecule has 2 N–H and O–H groups in total. The van der Waals surface area contributed by atoms with Crippen LogP contribution in [0.2, 0.25) is 0 Å². The van der Waals surface area contributed by atoms with Crippen LogP contribution in [0, 0.1) is 0 Å². The first-order valence-electron chi connectivity index (χ1n) is 7.51. The normalized spacial score (nSPS) is 11.3. The summed E-state index contributed by atoms with van der Waals surface area (Å²) < 4.78 is 5.24. The van der Waals surface area contributed by atoms with Gasteiger partial charge in [0.1, 0.15) is 5.82 Å². The van der Waals surface area contributed by atoms with E-state index in [0.29, 0.717) is 19.2 Å². The third-order valence-corrected chi connectivity index (χ3v) is 3.63. The van der Waals surface area contributed by atoms with Crippen LogP contribution >= 0.6 is 0 Å². The van der Waals surface area contributed by atoms with Crippen molar-refractivity contribution in [3.05, 3.63) is 35.9 Å². The molecule has 0 aliphatic heterocycles. The molecule has 2 rings (SSSR count). The number of hydrogen-bond donors (Lipinski definition) is 1. The molecule has 0 amide bonds. The molecule has 0 atom stereocenters. The van der Waals surface area contributed by atoms with Crippen LogP contribution in [-0.4, -0.2) is 37.8 Å². The molecule has 0 aliphatic carbocycles. The Bertz CT molecular complexity index is 583. The Hall–Kier alpha value is -1.65. The van der Waals surface area contributed by atoms with Gasteiger partial charge in [0.2, 0.25) is 0 Å². The summed E-state index contributed by atoms with van der Waals surface area (Å²) in [6.07, 6.45) is 0.837. The van der Waals surface area contributed by atoms with Gasteiger partial charge >= 0.3 is 0 Å². The number of nitrogens with two attached hydrogens (primary N) is 1. The number of fused-ring (bicyclic) bond motifs is 1. The van der Waals surface area contributed by atoms with Gasteiger partial charge in [-0.05, 0) is 44.5 Å². The van der Waals surface area contributed by atoms with E-state index < -0.39 is 0 Å². The van der Waals surface area contributed by atoms with Crippen LogP contribution < -0.4 is 10.6 Å². The zero-order valence-corrected chi connectivity index (χ0v) is 13.2. The average Bonchev–Trinajstić information content (AvgIpc) is 2.48. The number of rotatable bonds is 7. The average molecular weight is 287 g/mol. The molecule has 21 heavy (non-hydrogen) atoms. The molecule has 1 aromatic heterocycles. The molecule has 4 nitrogen and oxygen atoms in total. The second-order valence-corrected chi connectivity index (χ2v) is 5.48. The standard InChI is InChI=1S/C17H25N3O/c1-13(2)20(10-11-21-3)17-15(8-9-18)12-14-6-4-5-7-16(14)19-17/h4-7,12-13H,8-11,18H2,1-3H3. The molecule has 1 heterocycles. The summed E-state index contributed by atoms with van der Waals surface area (Å²) >= 11 is 0. The Morgan fingerprint density at radius 3 is 2.71 bits per heavy atom. The molecule has 0 saturated carbocycles. The molecule has 4 heteroatoms. The predicted octanol–water partition coefficient (Wildman–Crippen LogP) is 2.60. The first kappa shape index (κ1) is 15.7. The summed E-state index contributed by atoms with van der Waals surface area (Å²) in [5.41, 5.74) is 8.01. The zero-order chi connectivity index (χ0) is 15.2. The van der Waals surface area contributed by atoms with Crippen molar-refractivity contribution in [2.45, 2.75) is 26.3 Å². The van der Waals surface area contributed by atoms with Crippen molar-refractivity contribution >= 4 is 16.7 Å². The minimum absolute atomic E-state index is 0.366. The van der Waals surface area contributed by atoms with E-state index in [1.807, 2.05) is 12.1 Å². The SMILES string of the molecule is COCCN(c1nc2ccccc2cc1CCN)C(C)C. The number of anilines is 1. The summed E-state index contributed by atoms with van der Waals surface area (Å²) in [7, 11) is 1.73. The van der Waals surface area contributed by atoms with Crippen LogP contribution in [0.4, 0.5) is 5.82 Å². The molecule has 0 fully saturated rings. The fourth-order valence-corrected chi connectivity index (χ4v) is 2.54. The Morgan fingerprint density at radius 2 is 2.05 bits per heavy atom. The Kier molecular flexibility index (Phi) is 5.53. The number of nitrogens with zero attached hydrogens (tertiary/aromatic N) is 2. The lowest BCUT2D eigenvalue weighted by Crippen LogP contribution is -2.35. The number of pyridine rings is 1. The van der Waals surface area contributed by atoms with Crippen molar-refractivity contribution in [1.82, 2.24) is 4.98 Å². The molecule has 2 aromatic rings. The van der Waals surface area contributed by atoms with Gasteiger partial charge in [-0.1, -0.05) is 18.2 Å². The number of aromatic nitrogens is 1. The van der Waals surface area contributed by atoms with Gasteiger partial charge in [0.15, 0.2) is 0 Å². The first-order chi connectivity index (χ1) is 10.2. The largest absolute Gasteiger partial charge is 0.383 e. The predicted molar refractivity (Wildman–Crippen MR) is 88.9 cm³/mol. The van der Waals surface area contributed by atoms with E-state index in [1.165, 1.54) is 10.9 Å². The highest BCUT2D eigenvalue weighted by Gasteiger charge is 2.16. The van der Waals surface area contributed by atoms with Gasteiger partial charge in [0, 0.05) is 25.1 Å². The van der Waals surface area contributed by atoms with Crippen LogP contribution in [0.1, 0.15) is 19.4 Å².